The predicted octanol–water partition coefficient (Wildman–Crippen LogP) is 1.26. The zero-order valence-electron chi connectivity index (χ0n) is 11.6. The maximum Gasteiger partial charge on any atom is 0.266 e. The van der Waals surface area contributed by atoms with Gasteiger partial charge in [0.05, 0.1) is 11.0 Å². The molecule has 2 N–H and O–H groups in total. The van der Waals surface area contributed by atoms with Gasteiger partial charge >= 0.3 is 0 Å². The third-order valence-electron chi connectivity index (χ3n) is 4.32. The summed E-state index contributed by atoms with van der Waals surface area (Å²) in [6, 6.07) is 7.74. The first kappa shape index (κ1) is 12.3. The minimum absolute atomic E-state index is 0.0524. The van der Waals surface area contributed by atoms with Crippen molar-refractivity contribution >= 4 is 16.9 Å². The van der Waals surface area contributed by atoms with E-state index in [1.165, 1.54) is 0 Å². The van der Waals surface area contributed by atoms with Crippen LogP contribution in [0.25, 0.3) is 11.0 Å². The van der Waals surface area contributed by atoms with Crippen molar-refractivity contribution in [1.29, 1.82) is 0 Å². The molecule has 3 rings (SSSR count). The Labute approximate surface area is 111 Å². The van der Waals surface area contributed by atoms with Gasteiger partial charge in [-0.05, 0) is 39.8 Å². The summed E-state index contributed by atoms with van der Waals surface area (Å²) in [6.45, 7) is 7.85. The first-order valence-electron chi connectivity index (χ1n) is 6.43. The van der Waals surface area contributed by atoms with Gasteiger partial charge < -0.3 is 15.3 Å². The van der Waals surface area contributed by atoms with Crippen molar-refractivity contribution in [1.82, 2.24) is 9.97 Å². The Morgan fingerprint density at radius 2 is 1.84 bits per heavy atom. The van der Waals surface area contributed by atoms with Crippen molar-refractivity contribution < 1.29 is 5.06 Å². The van der Waals surface area contributed by atoms with E-state index >= 15 is 0 Å². The highest BCUT2D eigenvalue weighted by Gasteiger charge is 2.51. The lowest BCUT2D eigenvalue weighted by Gasteiger charge is -2.38. The van der Waals surface area contributed by atoms with E-state index < -0.39 is 11.1 Å². The Morgan fingerprint density at radius 1 is 1.16 bits per heavy atom. The summed E-state index contributed by atoms with van der Waals surface area (Å²) in [5.74, 6) is 1.04. The van der Waals surface area contributed by atoms with Gasteiger partial charge in [0.25, 0.3) is 5.84 Å². The molecule has 2 aromatic rings. The topological polar surface area (TPSA) is 68.5 Å². The van der Waals surface area contributed by atoms with Gasteiger partial charge in [-0.2, -0.15) is 0 Å². The van der Waals surface area contributed by atoms with Crippen molar-refractivity contribution in [3.63, 3.8) is 0 Å². The SMILES string of the molecule is CC1(C)N=C(c2nc3ccccc3[nH]2)[NH+]([O-])C1(C)C. The van der Waals surface area contributed by atoms with Gasteiger partial charge in [0.2, 0.25) is 5.82 Å². The number of rotatable bonds is 1. The maximum absolute atomic E-state index is 12.5. The molecule has 5 heteroatoms. The van der Waals surface area contributed by atoms with Gasteiger partial charge in [-0.15, -0.1) is 0 Å². The average molecular weight is 258 g/mol. The highest BCUT2D eigenvalue weighted by molar-refractivity contribution is 5.93. The largest absolute Gasteiger partial charge is 0.627 e. The molecule has 0 saturated heterocycles. The van der Waals surface area contributed by atoms with Crippen LogP contribution in [0.4, 0.5) is 0 Å². The fourth-order valence-electron chi connectivity index (χ4n) is 2.27. The molecule has 0 amide bonds. The smallest absolute Gasteiger partial charge is 0.266 e. The molecule has 1 aliphatic rings. The molecule has 1 unspecified atom stereocenters. The zero-order valence-corrected chi connectivity index (χ0v) is 11.6. The van der Waals surface area contributed by atoms with E-state index in [-0.39, 0.29) is 5.06 Å². The Kier molecular flexibility index (Phi) is 2.37. The van der Waals surface area contributed by atoms with Crippen LogP contribution in [-0.2, 0) is 0 Å². The molecule has 1 aromatic heterocycles. The van der Waals surface area contributed by atoms with Crippen LogP contribution in [0.15, 0.2) is 29.3 Å². The third-order valence-corrected chi connectivity index (χ3v) is 4.32. The molecule has 5 nitrogen and oxygen atoms in total. The van der Waals surface area contributed by atoms with Gasteiger partial charge in [-0.1, -0.05) is 12.1 Å². The zero-order chi connectivity index (χ0) is 13.8. The Hall–Kier alpha value is -1.72. The second-order valence-corrected chi connectivity index (χ2v) is 6.08. The summed E-state index contributed by atoms with van der Waals surface area (Å²) < 4.78 is 0. The molecule has 1 aliphatic heterocycles. The van der Waals surface area contributed by atoms with Gasteiger partial charge in [0.1, 0.15) is 11.1 Å². The van der Waals surface area contributed by atoms with E-state index in [0.717, 1.165) is 11.0 Å². The van der Waals surface area contributed by atoms with E-state index in [1.807, 2.05) is 52.0 Å². The van der Waals surface area contributed by atoms with Crippen molar-refractivity contribution in [2.75, 3.05) is 0 Å². The number of imidazole rings is 1. The number of hydroxylamine groups is 2. The first-order chi connectivity index (χ1) is 8.83. The van der Waals surface area contributed by atoms with E-state index in [2.05, 4.69) is 15.0 Å². The number of hydrogen-bond acceptors (Lipinski definition) is 3. The summed E-state index contributed by atoms with van der Waals surface area (Å²) in [4.78, 5) is 12.2. The van der Waals surface area contributed by atoms with Crippen molar-refractivity contribution in [2.45, 2.75) is 38.8 Å². The number of hydrogen-bond donors (Lipinski definition) is 2. The Bertz CT molecular complexity index is 636. The number of aromatic amines is 1. The molecule has 1 atom stereocenters. The average Bonchev–Trinajstić information content (AvgIpc) is 2.83. The van der Waals surface area contributed by atoms with Crippen LogP contribution in [0, 0.1) is 5.21 Å². The Morgan fingerprint density at radius 3 is 2.42 bits per heavy atom. The monoisotopic (exact) mass is 258 g/mol. The molecule has 100 valence electrons. The molecule has 0 radical (unpaired) electrons. The minimum Gasteiger partial charge on any atom is -0.627 e. The van der Waals surface area contributed by atoms with Crippen molar-refractivity contribution in [3.05, 3.63) is 35.3 Å². The van der Waals surface area contributed by atoms with Crippen molar-refractivity contribution in [3.8, 4) is 0 Å². The lowest BCUT2D eigenvalue weighted by atomic mass is 9.84. The van der Waals surface area contributed by atoms with E-state index in [0.29, 0.717) is 11.7 Å². The number of fused-ring (bicyclic) bond motifs is 1. The molecule has 2 heterocycles. The third kappa shape index (κ3) is 1.62. The van der Waals surface area contributed by atoms with Gasteiger partial charge in [0.15, 0.2) is 0 Å². The molecule has 1 aromatic carbocycles. The van der Waals surface area contributed by atoms with Crippen molar-refractivity contribution in [2.24, 2.45) is 4.99 Å². The number of benzene rings is 1. The highest BCUT2D eigenvalue weighted by Crippen LogP contribution is 2.27. The van der Waals surface area contributed by atoms with Crippen LogP contribution in [0.2, 0.25) is 0 Å². The maximum atomic E-state index is 12.5. The van der Waals surface area contributed by atoms with Crippen LogP contribution in [0.3, 0.4) is 0 Å². The fourth-order valence-corrected chi connectivity index (χ4v) is 2.27. The molecule has 0 fully saturated rings. The number of aliphatic imine (C=N–C) groups is 1. The predicted molar refractivity (Wildman–Crippen MR) is 75.1 cm³/mol. The van der Waals surface area contributed by atoms with Gasteiger partial charge in [0, 0.05) is 0 Å². The number of H-pyrrole nitrogens is 1. The Balaban J connectivity index is 2.12. The fraction of sp³-hybridized carbons (Fsp3) is 0.429. The molecule has 0 spiro atoms. The second kappa shape index (κ2) is 3.65. The van der Waals surface area contributed by atoms with Crippen LogP contribution in [0.5, 0.6) is 0 Å². The molecule has 0 bridgehead atoms. The van der Waals surface area contributed by atoms with Crippen LogP contribution >= 0.6 is 0 Å². The number of amidine groups is 1. The van der Waals surface area contributed by atoms with Gasteiger partial charge in [-0.3, -0.25) is 0 Å². The number of aromatic nitrogens is 2. The summed E-state index contributed by atoms with van der Waals surface area (Å²) in [7, 11) is 0. The lowest BCUT2D eigenvalue weighted by Crippen LogP contribution is -3.17. The van der Waals surface area contributed by atoms with E-state index in [4.69, 9.17) is 0 Å². The molecule has 0 saturated carbocycles. The summed E-state index contributed by atoms with van der Waals surface area (Å²) in [5.41, 5.74) is 0.880. The second-order valence-electron chi connectivity index (χ2n) is 6.08. The summed E-state index contributed by atoms with van der Waals surface area (Å²) in [6.07, 6.45) is 0. The molecular formula is C14H18N4O. The molecular weight excluding hydrogens is 240 g/mol. The van der Waals surface area contributed by atoms with Crippen LogP contribution < -0.4 is 5.06 Å². The number of nitrogens with zero attached hydrogens (tertiary/aromatic N) is 2. The standard InChI is InChI=1S/C14H18N4O/c1-13(2)14(3,4)18(19)12(17-13)11-15-9-7-5-6-8-10(9)16-11/h5-8,18H,1-4H3,(H,15,16). The van der Waals surface area contributed by atoms with Gasteiger partial charge in [-0.25, -0.2) is 9.98 Å². The minimum atomic E-state index is -0.499. The number of quaternary nitrogens is 1. The van der Waals surface area contributed by atoms with E-state index in [1.54, 1.807) is 0 Å². The summed E-state index contributed by atoms with van der Waals surface area (Å²) >= 11 is 0. The molecule has 19 heavy (non-hydrogen) atoms. The number of nitrogens with one attached hydrogen (secondary N) is 2. The summed E-state index contributed by atoms with van der Waals surface area (Å²) in [5, 5.41) is 12.6. The number of para-hydroxylation sites is 2. The lowest BCUT2D eigenvalue weighted by molar-refractivity contribution is -0.805. The van der Waals surface area contributed by atoms with Crippen LogP contribution in [-0.4, -0.2) is 26.9 Å². The quantitative estimate of drug-likeness (QED) is 0.756. The van der Waals surface area contributed by atoms with E-state index in [9.17, 15) is 5.21 Å². The van der Waals surface area contributed by atoms with Crippen LogP contribution in [0.1, 0.15) is 33.5 Å². The first-order valence-corrected chi connectivity index (χ1v) is 6.43. The molecule has 0 aliphatic carbocycles. The normalized spacial score (nSPS) is 24.7. The highest BCUT2D eigenvalue weighted by atomic mass is 16.5.